The SMILES string of the molecule is O=C(c1cc(-c2ccccc2Cl)n[nH]1)N1CCCC(O)C1. The average Bonchev–Trinajstić information content (AvgIpc) is 2.96. The minimum absolute atomic E-state index is 0.139. The summed E-state index contributed by atoms with van der Waals surface area (Å²) in [4.78, 5) is 14.0. The number of nitrogens with one attached hydrogen (secondary N) is 1. The number of aliphatic hydroxyl groups is 1. The molecule has 21 heavy (non-hydrogen) atoms. The molecule has 5 nitrogen and oxygen atoms in total. The normalized spacial score (nSPS) is 18.8. The van der Waals surface area contributed by atoms with Gasteiger partial charge in [0.2, 0.25) is 0 Å². The van der Waals surface area contributed by atoms with Crippen molar-refractivity contribution in [2.45, 2.75) is 18.9 Å². The predicted molar refractivity (Wildman–Crippen MR) is 80.2 cm³/mol. The number of likely N-dealkylation sites (tertiary alicyclic amines) is 1. The maximum Gasteiger partial charge on any atom is 0.271 e. The number of aliphatic hydroxyl groups excluding tert-OH is 1. The summed E-state index contributed by atoms with van der Waals surface area (Å²) in [6, 6.07) is 9.06. The van der Waals surface area contributed by atoms with Gasteiger partial charge in [0, 0.05) is 18.7 Å². The zero-order valence-corrected chi connectivity index (χ0v) is 12.2. The van der Waals surface area contributed by atoms with Gasteiger partial charge >= 0.3 is 0 Å². The van der Waals surface area contributed by atoms with E-state index in [1.165, 1.54) is 0 Å². The summed E-state index contributed by atoms with van der Waals surface area (Å²) < 4.78 is 0. The van der Waals surface area contributed by atoms with E-state index in [-0.39, 0.29) is 5.91 Å². The number of β-amino-alcohol motifs (C(OH)–C–C–N with tert-alkyl or cyclic N) is 1. The Kier molecular flexibility index (Phi) is 3.94. The summed E-state index contributed by atoms with van der Waals surface area (Å²) in [6.07, 6.45) is 1.13. The minimum Gasteiger partial charge on any atom is -0.391 e. The monoisotopic (exact) mass is 305 g/mol. The number of carbonyl (C=O) groups is 1. The Morgan fingerprint density at radius 3 is 3.00 bits per heavy atom. The lowest BCUT2D eigenvalue weighted by Crippen LogP contribution is -2.42. The molecule has 1 fully saturated rings. The van der Waals surface area contributed by atoms with Crippen LogP contribution < -0.4 is 0 Å². The first kappa shape index (κ1) is 14.1. The van der Waals surface area contributed by atoms with Crippen molar-refractivity contribution in [3.63, 3.8) is 0 Å². The highest BCUT2D eigenvalue weighted by molar-refractivity contribution is 6.33. The van der Waals surface area contributed by atoms with Gasteiger partial charge in [0.25, 0.3) is 5.91 Å². The number of halogens is 1. The van der Waals surface area contributed by atoms with Crippen LogP contribution in [0.2, 0.25) is 5.02 Å². The van der Waals surface area contributed by atoms with Crippen molar-refractivity contribution in [3.05, 3.63) is 41.0 Å². The van der Waals surface area contributed by atoms with Gasteiger partial charge in [-0.2, -0.15) is 5.10 Å². The minimum atomic E-state index is -0.436. The van der Waals surface area contributed by atoms with Gasteiger partial charge in [-0.1, -0.05) is 29.8 Å². The number of nitrogens with zero attached hydrogens (tertiary/aromatic N) is 2. The maximum absolute atomic E-state index is 12.4. The summed E-state index contributed by atoms with van der Waals surface area (Å²) in [5.74, 6) is -0.139. The zero-order valence-electron chi connectivity index (χ0n) is 11.4. The third-order valence-corrected chi connectivity index (χ3v) is 3.97. The molecule has 110 valence electrons. The van der Waals surface area contributed by atoms with E-state index in [0.717, 1.165) is 18.4 Å². The van der Waals surface area contributed by atoms with E-state index in [1.807, 2.05) is 18.2 Å². The summed E-state index contributed by atoms with van der Waals surface area (Å²) in [6.45, 7) is 1.04. The van der Waals surface area contributed by atoms with Gasteiger partial charge in [-0.25, -0.2) is 0 Å². The molecule has 0 bridgehead atoms. The second-order valence-electron chi connectivity index (χ2n) is 5.19. The van der Waals surface area contributed by atoms with Crippen LogP contribution in [0.4, 0.5) is 0 Å². The molecule has 2 heterocycles. The number of hydrogen-bond donors (Lipinski definition) is 2. The molecule has 2 N–H and O–H groups in total. The summed E-state index contributed by atoms with van der Waals surface area (Å²) >= 11 is 6.13. The average molecular weight is 306 g/mol. The molecular weight excluding hydrogens is 290 g/mol. The van der Waals surface area contributed by atoms with E-state index in [2.05, 4.69) is 10.2 Å². The molecule has 1 aromatic heterocycles. The van der Waals surface area contributed by atoms with Crippen molar-refractivity contribution in [2.24, 2.45) is 0 Å². The van der Waals surface area contributed by atoms with Crippen LogP contribution >= 0.6 is 11.6 Å². The Bertz CT molecular complexity index is 656. The molecule has 1 amide bonds. The third kappa shape index (κ3) is 2.94. The Morgan fingerprint density at radius 1 is 1.43 bits per heavy atom. The third-order valence-electron chi connectivity index (χ3n) is 3.64. The van der Waals surface area contributed by atoms with E-state index >= 15 is 0 Å². The first-order valence-corrected chi connectivity index (χ1v) is 7.30. The molecule has 0 radical (unpaired) electrons. The zero-order chi connectivity index (χ0) is 14.8. The van der Waals surface area contributed by atoms with Gasteiger partial charge in [0.15, 0.2) is 0 Å². The fraction of sp³-hybridized carbons (Fsp3) is 0.333. The van der Waals surface area contributed by atoms with Gasteiger partial charge in [0.05, 0.1) is 16.8 Å². The Hall–Kier alpha value is -1.85. The van der Waals surface area contributed by atoms with E-state index in [0.29, 0.717) is 29.5 Å². The van der Waals surface area contributed by atoms with Crippen LogP contribution in [0.1, 0.15) is 23.3 Å². The molecule has 3 rings (SSSR count). The van der Waals surface area contributed by atoms with Crippen molar-refractivity contribution in [1.82, 2.24) is 15.1 Å². The fourth-order valence-electron chi connectivity index (χ4n) is 2.55. The molecule has 0 aliphatic carbocycles. The fourth-order valence-corrected chi connectivity index (χ4v) is 2.78. The van der Waals surface area contributed by atoms with Gasteiger partial charge < -0.3 is 10.0 Å². The lowest BCUT2D eigenvalue weighted by atomic mass is 10.1. The molecule has 1 unspecified atom stereocenters. The van der Waals surface area contributed by atoms with Crippen LogP contribution in [0.25, 0.3) is 11.3 Å². The first-order valence-electron chi connectivity index (χ1n) is 6.93. The summed E-state index contributed by atoms with van der Waals surface area (Å²) in [5.41, 5.74) is 1.84. The van der Waals surface area contributed by atoms with Gasteiger partial charge in [-0.3, -0.25) is 9.89 Å². The van der Waals surface area contributed by atoms with E-state index in [9.17, 15) is 9.90 Å². The number of amides is 1. The summed E-state index contributed by atoms with van der Waals surface area (Å²) in [7, 11) is 0. The standard InChI is InChI=1S/C15H16ClN3O2/c16-12-6-2-1-5-11(12)13-8-14(18-17-13)15(21)19-7-3-4-10(20)9-19/h1-2,5-6,8,10,20H,3-4,7,9H2,(H,17,18). The van der Waals surface area contributed by atoms with Crippen molar-refractivity contribution in [3.8, 4) is 11.3 Å². The Morgan fingerprint density at radius 2 is 2.24 bits per heavy atom. The second-order valence-corrected chi connectivity index (χ2v) is 5.60. The topological polar surface area (TPSA) is 69.2 Å². The van der Waals surface area contributed by atoms with E-state index in [1.54, 1.807) is 17.0 Å². The van der Waals surface area contributed by atoms with Crippen LogP contribution in [0.5, 0.6) is 0 Å². The molecule has 2 aromatic rings. The number of carbonyl (C=O) groups excluding carboxylic acids is 1. The largest absolute Gasteiger partial charge is 0.391 e. The van der Waals surface area contributed by atoms with Crippen LogP contribution in [0, 0.1) is 0 Å². The van der Waals surface area contributed by atoms with E-state index in [4.69, 9.17) is 11.6 Å². The number of benzene rings is 1. The number of hydrogen-bond acceptors (Lipinski definition) is 3. The lowest BCUT2D eigenvalue weighted by Gasteiger charge is -2.29. The molecule has 0 spiro atoms. The molecule has 1 saturated heterocycles. The molecule has 0 saturated carbocycles. The number of aromatic amines is 1. The van der Waals surface area contributed by atoms with Crippen LogP contribution in [0.15, 0.2) is 30.3 Å². The predicted octanol–water partition coefficient (Wildman–Crippen LogP) is 2.33. The molecule has 1 aromatic carbocycles. The quantitative estimate of drug-likeness (QED) is 0.894. The number of H-pyrrole nitrogens is 1. The van der Waals surface area contributed by atoms with E-state index < -0.39 is 6.10 Å². The molecule has 1 atom stereocenters. The second kappa shape index (κ2) is 5.87. The molecule has 6 heteroatoms. The van der Waals surface area contributed by atoms with Crippen LogP contribution in [0.3, 0.4) is 0 Å². The number of piperidine rings is 1. The maximum atomic E-state index is 12.4. The van der Waals surface area contributed by atoms with Gasteiger partial charge in [-0.15, -0.1) is 0 Å². The number of rotatable bonds is 2. The lowest BCUT2D eigenvalue weighted by molar-refractivity contribution is 0.0469. The molecule has 1 aliphatic heterocycles. The Labute approximate surface area is 127 Å². The highest BCUT2D eigenvalue weighted by Crippen LogP contribution is 2.26. The van der Waals surface area contributed by atoms with Crippen molar-refractivity contribution in [2.75, 3.05) is 13.1 Å². The highest BCUT2D eigenvalue weighted by atomic mass is 35.5. The smallest absolute Gasteiger partial charge is 0.271 e. The molecular formula is C15H16ClN3O2. The van der Waals surface area contributed by atoms with Crippen molar-refractivity contribution >= 4 is 17.5 Å². The molecule has 1 aliphatic rings. The van der Waals surface area contributed by atoms with Gasteiger partial charge in [0.1, 0.15) is 5.69 Å². The highest BCUT2D eigenvalue weighted by Gasteiger charge is 2.24. The van der Waals surface area contributed by atoms with Crippen molar-refractivity contribution < 1.29 is 9.90 Å². The Balaban J connectivity index is 1.82. The van der Waals surface area contributed by atoms with Crippen LogP contribution in [-0.2, 0) is 0 Å². The summed E-state index contributed by atoms with van der Waals surface area (Å²) in [5, 5.41) is 17.2. The van der Waals surface area contributed by atoms with Crippen molar-refractivity contribution in [1.29, 1.82) is 0 Å². The van der Waals surface area contributed by atoms with Crippen LogP contribution in [-0.4, -0.2) is 45.3 Å². The van der Waals surface area contributed by atoms with Gasteiger partial charge in [-0.05, 0) is 25.0 Å². The number of aromatic nitrogens is 2. The first-order chi connectivity index (χ1) is 10.1.